The largest absolute Gasteiger partial charge is 0.492 e. The molecule has 1 aromatic carbocycles. The summed E-state index contributed by atoms with van der Waals surface area (Å²) in [4.78, 5) is 11.4. The van der Waals surface area contributed by atoms with Crippen LogP contribution in [-0.2, 0) is 9.31 Å². The molecule has 1 heterocycles. The molecule has 0 saturated carbocycles. The second-order valence-corrected chi connectivity index (χ2v) is 6.62. The third-order valence-corrected chi connectivity index (χ3v) is 4.39. The van der Waals surface area contributed by atoms with Crippen molar-refractivity contribution in [2.75, 3.05) is 12.3 Å². The number of aliphatic hydroxyl groups excluding tert-OH is 1. The molecular formula is C16H22BNO5. The van der Waals surface area contributed by atoms with E-state index in [9.17, 15) is 15.0 Å². The number of nitrogens with two attached hydrogens (primary N) is 1. The van der Waals surface area contributed by atoms with Crippen LogP contribution in [0.3, 0.4) is 0 Å². The van der Waals surface area contributed by atoms with Gasteiger partial charge in [0.25, 0.3) is 0 Å². The third kappa shape index (κ3) is 3.42. The summed E-state index contributed by atoms with van der Waals surface area (Å²) < 4.78 is 11.8. The molecule has 1 aliphatic rings. The zero-order valence-electron chi connectivity index (χ0n) is 13.8. The van der Waals surface area contributed by atoms with Gasteiger partial charge in [0.1, 0.15) is 0 Å². The zero-order chi connectivity index (χ0) is 17.4. The lowest BCUT2D eigenvalue weighted by atomic mass is 9.77. The highest BCUT2D eigenvalue weighted by molar-refractivity contribution is 6.55. The Bertz CT molecular complexity index is 638. The van der Waals surface area contributed by atoms with Gasteiger partial charge in [0.05, 0.1) is 23.4 Å². The summed E-state index contributed by atoms with van der Waals surface area (Å²) in [5.41, 5.74) is 5.88. The topological polar surface area (TPSA) is 102 Å². The lowest BCUT2D eigenvalue weighted by Gasteiger charge is -2.32. The van der Waals surface area contributed by atoms with Crippen molar-refractivity contribution in [1.29, 1.82) is 0 Å². The van der Waals surface area contributed by atoms with Crippen LogP contribution in [0.1, 0.15) is 43.6 Å². The molecule has 4 N–H and O–H groups in total. The van der Waals surface area contributed by atoms with Gasteiger partial charge in [-0.05, 0) is 50.9 Å². The number of hydrogen-bond donors (Lipinski definition) is 3. The molecule has 1 aromatic rings. The molecule has 2 rings (SSSR count). The summed E-state index contributed by atoms with van der Waals surface area (Å²) in [5, 5.41) is 19.0. The Balaban J connectivity index is 2.40. The number of anilines is 1. The van der Waals surface area contributed by atoms with Crippen molar-refractivity contribution in [1.82, 2.24) is 0 Å². The molecule has 0 spiro atoms. The molecule has 124 valence electrons. The van der Waals surface area contributed by atoms with E-state index in [1.54, 1.807) is 18.2 Å². The van der Waals surface area contributed by atoms with Gasteiger partial charge < -0.3 is 25.3 Å². The molecule has 0 aliphatic carbocycles. The summed E-state index contributed by atoms with van der Waals surface area (Å²) in [6.45, 7) is 7.34. The van der Waals surface area contributed by atoms with Crippen LogP contribution in [0.25, 0.3) is 6.08 Å². The van der Waals surface area contributed by atoms with Crippen LogP contribution < -0.4 is 5.73 Å². The monoisotopic (exact) mass is 319 g/mol. The first kappa shape index (κ1) is 17.5. The Morgan fingerprint density at radius 1 is 1.26 bits per heavy atom. The Morgan fingerprint density at radius 2 is 1.83 bits per heavy atom. The van der Waals surface area contributed by atoms with Crippen LogP contribution in [0.5, 0.6) is 0 Å². The van der Waals surface area contributed by atoms with Gasteiger partial charge in [0, 0.05) is 5.69 Å². The van der Waals surface area contributed by atoms with Gasteiger partial charge in [-0.1, -0.05) is 12.1 Å². The summed E-state index contributed by atoms with van der Waals surface area (Å²) in [6, 6.07) is 4.59. The number of carbonyl (C=O) groups is 1. The first-order chi connectivity index (χ1) is 10.6. The molecule has 0 radical (unpaired) electrons. The Labute approximate surface area is 136 Å². The van der Waals surface area contributed by atoms with Crippen molar-refractivity contribution in [2.45, 2.75) is 38.9 Å². The van der Waals surface area contributed by atoms with Crippen molar-refractivity contribution < 1.29 is 24.3 Å². The quantitative estimate of drug-likeness (QED) is 0.579. The molecule has 0 atom stereocenters. The summed E-state index contributed by atoms with van der Waals surface area (Å²) >= 11 is 0. The minimum Gasteiger partial charge on any atom is -0.478 e. The zero-order valence-corrected chi connectivity index (χ0v) is 13.8. The van der Waals surface area contributed by atoms with E-state index in [1.165, 1.54) is 6.07 Å². The number of nitrogen functional groups attached to an aromatic ring is 1. The average molecular weight is 319 g/mol. The van der Waals surface area contributed by atoms with Crippen LogP contribution >= 0.6 is 0 Å². The van der Waals surface area contributed by atoms with Gasteiger partial charge in [-0.3, -0.25) is 0 Å². The first-order valence-electron chi connectivity index (χ1n) is 7.37. The highest BCUT2D eigenvalue weighted by Gasteiger charge is 2.52. The van der Waals surface area contributed by atoms with E-state index in [0.717, 1.165) is 0 Å². The second-order valence-electron chi connectivity index (χ2n) is 6.62. The molecule has 0 aromatic heterocycles. The molecule has 7 heteroatoms. The van der Waals surface area contributed by atoms with Crippen molar-refractivity contribution >= 4 is 24.9 Å². The molecule has 1 fully saturated rings. The highest BCUT2D eigenvalue weighted by atomic mass is 16.7. The van der Waals surface area contributed by atoms with E-state index in [1.807, 2.05) is 27.7 Å². The predicted molar refractivity (Wildman–Crippen MR) is 89.0 cm³/mol. The maximum absolute atomic E-state index is 11.4. The van der Waals surface area contributed by atoms with E-state index < -0.39 is 24.3 Å². The van der Waals surface area contributed by atoms with Crippen LogP contribution in [0.4, 0.5) is 5.69 Å². The van der Waals surface area contributed by atoms with E-state index in [2.05, 4.69) is 0 Å². The number of aromatic carboxylic acids is 1. The van der Waals surface area contributed by atoms with Crippen LogP contribution in [0.2, 0.25) is 0 Å². The highest BCUT2D eigenvalue weighted by Crippen LogP contribution is 2.38. The van der Waals surface area contributed by atoms with Crippen molar-refractivity contribution in [2.24, 2.45) is 0 Å². The molecule has 0 amide bonds. The minimum absolute atomic E-state index is 0.0625. The number of hydrogen-bond acceptors (Lipinski definition) is 5. The SMILES string of the molecule is CC1(C)OB(C(=Cc2ccc(N)cc2C(=O)O)CO)OC1(C)C. The van der Waals surface area contributed by atoms with Crippen molar-refractivity contribution in [3.05, 3.63) is 34.8 Å². The van der Waals surface area contributed by atoms with E-state index in [0.29, 0.717) is 16.7 Å². The van der Waals surface area contributed by atoms with Crippen molar-refractivity contribution in [3.63, 3.8) is 0 Å². The third-order valence-electron chi connectivity index (χ3n) is 4.39. The summed E-state index contributed by atoms with van der Waals surface area (Å²) in [5.74, 6) is -1.09. The smallest absolute Gasteiger partial charge is 0.478 e. The van der Waals surface area contributed by atoms with Gasteiger partial charge in [0.15, 0.2) is 0 Å². The molecule has 0 bridgehead atoms. The summed E-state index contributed by atoms with van der Waals surface area (Å²) in [6.07, 6.45) is 1.57. The first-order valence-corrected chi connectivity index (χ1v) is 7.37. The number of benzene rings is 1. The van der Waals surface area contributed by atoms with Crippen LogP contribution in [0, 0.1) is 0 Å². The Kier molecular flexibility index (Phi) is 4.57. The van der Waals surface area contributed by atoms with Gasteiger partial charge in [0.2, 0.25) is 0 Å². The van der Waals surface area contributed by atoms with Crippen LogP contribution in [0.15, 0.2) is 23.7 Å². The minimum atomic E-state index is -1.09. The number of aliphatic hydroxyl groups is 1. The predicted octanol–water partition coefficient (Wildman–Crippen LogP) is 1.97. The van der Waals surface area contributed by atoms with E-state index >= 15 is 0 Å². The number of carboxylic acids is 1. The lowest BCUT2D eigenvalue weighted by molar-refractivity contribution is 0.00578. The molecule has 6 nitrogen and oxygen atoms in total. The maximum Gasteiger partial charge on any atom is 0.492 e. The fourth-order valence-corrected chi connectivity index (χ4v) is 2.27. The van der Waals surface area contributed by atoms with Crippen LogP contribution in [-0.4, -0.2) is 41.1 Å². The van der Waals surface area contributed by atoms with Gasteiger partial charge >= 0.3 is 13.1 Å². The van der Waals surface area contributed by atoms with Gasteiger partial charge in [-0.2, -0.15) is 0 Å². The second kappa shape index (κ2) is 6.00. The maximum atomic E-state index is 11.4. The Morgan fingerprint density at radius 3 is 2.30 bits per heavy atom. The van der Waals surface area contributed by atoms with Gasteiger partial charge in [-0.25, -0.2) is 4.79 Å². The Hall–Kier alpha value is -1.83. The fraction of sp³-hybridized carbons (Fsp3) is 0.438. The van der Waals surface area contributed by atoms with Gasteiger partial charge in [-0.15, -0.1) is 0 Å². The van der Waals surface area contributed by atoms with E-state index in [4.69, 9.17) is 15.0 Å². The molecule has 1 aliphatic heterocycles. The molecular weight excluding hydrogens is 297 g/mol. The normalized spacial score (nSPS) is 19.9. The number of carboxylic acid groups (broad SMARTS) is 1. The standard InChI is InChI=1S/C16H22BNO5/c1-15(2)16(3,4)23-17(22-15)11(9-19)7-10-5-6-12(18)8-13(10)14(20)21/h5-8,19H,9,18H2,1-4H3,(H,20,21). The summed E-state index contributed by atoms with van der Waals surface area (Å²) in [7, 11) is -0.732. The van der Waals surface area contributed by atoms with E-state index in [-0.39, 0.29) is 12.2 Å². The lowest BCUT2D eigenvalue weighted by Crippen LogP contribution is -2.41. The molecule has 0 unspecified atom stereocenters. The molecule has 1 saturated heterocycles. The molecule has 23 heavy (non-hydrogen) atoms. The number of rotatable bonds is 4. The average Bonchev–Trinajstić information content (AvgIpc) is 2.65. The van der Waals surface area contributed by atoms with Crippen molar-refractivity contribution in [3.8, 4) is 0 Å². The fourth-order valence-electron chi connectivity index (χ4n) is 2.27.